The van der Waals surface area contributed by atoms with E-state index in [1.54, 1.807) is 31.2 Å². The Hall–Kier alpha value is -2.54. The molecule has 1 amide bonds. The lowest BCUT2D eigenvalue weighted by Gasteiger charge is -2.04. The summed E-state index contributed by atoms with van der Waals surface area (Å²) < 4.78 is 28.8. The normalized spacial score (nSPS) is 11.8. The molecular weight excluding hydrogens is 316 g/mol. The number of anilines is 1. The molecule has 0 radical (unpaired) electrons. The van der Waals surface area contributed by atoms with Crippen molar-refractivity contribution in [3.8, 4) is 0 Å². The van der Waals surface area contributed by atoms with E-state index in [0.29, 0.717) is 16.8 Å². The van der Waals surface area contributed by atoms with Crippen LogP contribution in [0.1, 0.15) is 22.0 Å². The van der Waals surface area contributed by atoms with Crippen molar-refractivity contribution >= 4 is 32.3 Å². The van der Waals surface area contributed by atoms with Crippen LogP contribution in [0.25, 0.3) is 10.9 Å². The summed E-state index contributed by atoms with van der Waals surface area (Å²) in [5.74, 6) is 0.465. The minimum absolute atomic E-state index is 0.202. The molecule has 0 aliphatic carbocycles. The van der Waals surface area contributed by atoms with Crippen LogP contribution in [0.4, 0.5) is 5.69 Å². The van der Waals surface area contributed by atoms with E-state index in [0.717, 1.165) is 17.5 Å². The first kappa shape index (κ1) is 15.4. The van der Waals surface area contributed by atoms with Crippen LogP contribution in [0.2, 0.25) is 0 Å². The van der Waals surface area contributed by atoms with Crippen molar-refractivity contribution in [1.29, 1.82) is 0 Å². The molecule has 0 aliphatic heterocycles. The number of nitrogens with one attached hydrogen (secondary N) is 2. The molecule has 3 rings (SSSR count). The number of hydrogen-bond acceptors (Lipinski definition) is 4. The van der Waals surface area contributed by atoms with Crippen LogP contribution in [-0.2, 0) is 9.84 Å². The van der Waals surface area contributed by atoms with E-state index in [9.17, 15) is 13.2 Å². The molecule has 0 atom stereocenters. The second-order valence-corrected chi connectivity index (χ2v) is 7.48. The number of benzene rings is 1. The van der Waals surface area contributed by atoms with Gasteiger partial charge in [0.2, 0.25) is 0 Å². The lowest BCUT2D eigenvalue weighted by molar-refractivity contribution is 0.0995. The van der Waals surface area contributed by atoms with Gasteiger partial charge in [0.05, 0.1) is 10.6 Å². The first-order valence-corrected chi connectivity index (χ1v) is 8.85. The third-order valence-electron chi connectivity index (χ3n) is 3.59. The first-order chi connectivity index (χ1) is 10.8. The number of aromatic nitrogens is 1. The zero-order chi connectivity index (χ0) is 16.8. The molecule has 3 aromatic rings. The van der Waals surface area contributed by atoms with Crippen LogP contribution in [0.5, 0.6) is 0 Å². The summed E-state index contributed by atoms with van der Waals surface area (Å²) in [6.07, 6.45) is 1.15. The van der Waals surface area contributed by atoms with Crippen LogP contribution in [0.15, 0.2) is 39.6 Å². The summed E-state index contributed by atoms with van der Waals surface area (Å²) in [5, 5.41) is 3.42. The minimum Gasteiger partial charge on any atom is -0.456 e. The molecule has 0 aliphatic rings. The van der Waals surface area contributed by atoms with Gasteiger partial charge >= 0.3 is 0 Å². The Bertz CT molecular complexity index is 1010. The molecule has 1 aromatic carbocycles. The van der Waals surface area contributed by atoms with Crippen molar-refractivity contribution in [2.45, 2.75) is 18.7 Å². The zero-order valence-corrected chi connectivity index (χ0v) is 13.7. The van der Waals surface area contributed by atoms with Crippen LogP contribution < -0.4 is 5.32 Å². The van der Waals surface area contributed by atoms with Crippen LogP contribution in [-0.4, -0.2) is 25.6 Å². The van der Waals surface area contributed by atoms with E-state index in [2.05, 4.69) is 10.3 Å². The van der Waals surface area contributed by atoms with Gasteiger partial charge < -0.3 is 14.7 Å². The van der Waals surface area contributed by atoms with Crippen molar-refractivity contribution in [3.05, 3.63) is 47.5 Å². The molecule has 2 heterocycles. The fourth-order valence-corrected chi connectivity index (χ4v) is 3.08. The number of furan rings is 1. The fraction of sp³-hybridized carbons (Fsp3) is 0.188. The smallest absolute Gasteiger partial charge is 0.291 e. The van der Waals surface area contributed by atoms with E-state index in [1.165, 1.54) is 6.07 Å². The fourth-order valence-electron chi connectivity index (χ4n) is 2.43. The van der Waals surface area contributed by atoms with E-state index >= 15 is 0 Å². The second kappa shape index (κ2) is 5.27. The van der Waals surface area contributed by atoms with Gasteiger partial charge in [-0.3, -0.25) is 4.79 Å². The number of H-pyrrole nitrogens is 1. The quantitative estimate of drug-likeness (QED) is 0.771. The van der Waals surface area contributed by atoms with Crippen LogP contribution >= 0.6 is 0 Å². The highest BCUT2D eigenvalue weighted by Gasteiger charge is 2.17. The van der Waals surface area contributed by atoms with Crippen LogP contribution in [0, 0.1) is 13.8 Å². The molecule has 2 N–H and O–H groups in total. The minimum atomic E-state index is -3.32. The van der Waals surface area contributed by atoms with Crippen molar-refractivity contribution in [2.24, 2.45) is 0 Å². The summed E-state index contributed by atoms with van der Waals surface area (Å²) in [7, 11) is -3.32. The monoisotopic (exact) mass is 332 g/mol. The van der Waals surface area contributed by atoms with E-state index in [-0.39, 0.29) is 16.6 Å². The van der Waals surface area contributed by atoms with Crippen LogP contribution in [0.3, 0.4) is 0 Å². The SMILES string of the molecule is Cc1ccc(C(=O)Nc2c(C)[nH]c3ccc(S(C)(=O)=O)cc23)o1. The third kappa shape index (κ3) is 2.87. The molecule has 0 fully saturated rings. The number of rotatable bonds is 3. The lowest BCUT2D eigenvalue weighted by Crippen LogP contribution is -2.11. The molecule has 0 unspecified atom stereocenters. The highest BCUT2D eigenvalue weighted by Crippen LogP contribution is 2.30. The summed E-state index contributed by atoms with van der Waals surface area (Å²) in [4.78, 5) is 15.6. The first-order valence-electron chi connectivity index (χ1n) is 6.96. The van der Waals surface area contributed by atoms with Crippen molar-refractivity contribution in [3.63, 3.8) is 0 Å². The summed E-state index contributed by atoms with van der Waals surface area (Å²) >= 11 is 0. The van der Waals surface area contributed by atoms with Crippen molar-refractivity contribution < 1.29 is 17.6 Å². The van der Waals surface area contributed by atoms with E-state index < -0.39 is 9.84 Å². The van der Waals surface area contributed by atoms with Gasteiger partial charge in [-0.1, -0.05) is 0 Å². The number of aromatic amines is 1. The largest absolute Gasteiger partial charge is 0.456 e. The number of sulfone groups is 1. The molecule has 0 bridgehead atoms. The summed E-state index contributed by atoms with van der Waals surface area (Å²) in [6, 6.07) is 8.08. The van der Waals surface area contributed by atoms with Gasteiger partial charge in [0.15, 0.2) is 15.6 Å². The van der Waals surface area contributed by atoms with E-state index in [1.807, 2.05) is 6.92 Å². The van der Waals surface area contributed by atoms with Crippen molar-refractivity contribution in [1.82, 2.24) is 4.98 Å². The predicted molar refractivity (Wildman–Crippen MR) is 87.5 cm³/mol. The topological polar surface area (TPSA) is 92.2 Å². The van der Waals surface area contributed by atoms with Gasteiger partial charge in [0, 0.05) is 22.9 Å². The Morgan fingerprint density at radius 2 is 1.91 bits per heavy atom. The second-order valence-electron chi connectivity index (χ2n) is 5.47. The zero-order valence-electron chi connectivity index (χ0n) is 12.9. The Balaban J connectivity index is 2.06. The molecular formula is C16H16N2O4S. The van der Waals surface area contributed by atoms with Gasteiger partial charge in [-0.25, -0.2) is 8.42 Å². The Morgan fingerprint density at radius 3 is 2.52 bits per heavy atom. The number of aryl methyl sites for hydroxylation is 2. The van der Waals surface area contributed by atoms with Gasteiger partial charge in [-0.15, -0.1) is 0 Å². The average Bonchev–Trinajstić information content (AvgIpc) is 3.02. The maximum Gasteiger partial charge on any atom is 0.291 e. The standard InChI is InChI=1S/C16H16N2O4S/c1-9-4-7-14(22-9)16(19)18-15-10(2)17-13-6-5-11(8-12(13)15)23(3,20)21/h4-8,17H,1-3H3,(H,18,19). The van der Waals surface area contributed by atoms with Crippen molar-refractivity contribution in [2.75, 3.05) is 11.6 Å². The lowest BCUT2D eigenvalue weighted by atomic mass is 10.2. The summed E-state index contributed by atoms with van der Waals surface area (Å²) in [6.45, 7) is 3.56. The Kier molecular flexibility index (Phi) is 3.52. The third-order valence-corrected chi connectivity index (χ3v) is 4.70. The molecule has 0 saturated heterocycles. The molecule has 23 heavy (non-hydrogen) atoms. The van der Waals surface area contributed by atoms with Gasteiger partial charge in [-0.2, -0.15) is 0 Å². The highest BCUT2D eigenvalue weighted by atomic mass is 32.2. The van der Waals surface area contributed by atoms with E-state index in [4.69, 9.17) is 4.42 Å². The summed E-state index contributed by atoms with van der Waals surface area (Å²) in [5.41, 5.74) is 2.03. The highest BCUT2D eigenvalue weighted by molar-refractivity contribution is 7.90. The molecule has 6 nitrogen and oxygen atoms in total. The van der Waals surface area contributed by atoms with Gasteiger partial charge in [0.1, 0.15) is 5.76 Å². The predicted octanol–water partition coefficient (Wildman–Crippen LogP) is 3.03. The maximum absolute atomic E-state index is 12.3. The Morgan fingerprint density at radius 1 is 1.17 bits per heavy atom. The Labute approximate surface area is 133 Å². The molecule has 0 saturated carbocycles. The van der Waals surface area contributed by atoms with Gasteiger partial charge in [0.25, 0.3) is 5.91 Å². The number of carbonyl (C=O) groups is 1. The number of amides is 1. The molecule has 120 valence electrons. The number of carbonyl (C=O) groups excluding carboxylic acids is 1. The van der Waals surface area contributed by atoms with Gasteiger partial charge in [-0.05, 0) is 44.2 Å². The molecule has 2 aromatic heterocycles. The molecule has 0 spiro atoms. The number of fused-ring (bicyclic) bond motifs is 1. The molecule has 7 heteroatoms. The number of hydrogen-bond donors (Lipinski definition) is 2. The average molecular weight is 332 g/mol. The maximum atomic E-state index is 12.3.